The van der Waals surface area contributed by atoms with Gasteiger partial charge in [-0.25, -0.2) is 0 Å². The standard InChI is InChI=1S/C17H28N2O/c1-2-3-4-5-6-11-18-16-7-9-17(10-8-16)19-12-14-20-15-13-19/h7-10,18H,2-6,11-15H2,1H3. The molecule has 0 unspecified atom stereocenters. The number of rotatable bonds is 8. The molecule has 1 aromatic carbocycles. The molecular formula is C17H28N2O. The molecule has 0 aromatic heterocycles. The zero-order valence-electron chi connectivity index (χ0n) is 12.7. The Bertz CT molecular complexity index is 358. The molecule has 1 saturated heterocycles. The normalized spacial score (nSPS) is 15.3. The zero-order chi connectivity index (χ0) is 14.0. The van der Waals surface area contributed by atoms with Crippen LogP contribution in [0.25, 0.3) is 0 Å². The molecule has 1 aromatic rings. The maximum absolute atomic E-state index is 5.38. The van der Waals surface area contributed by atoms with E-state index in [-0.39, 0.29) is 0 Å². The summed E-state index contributed by atoms with van der Waals surface area (Å²) in [6.45, 7) is 7.04. The van der Waals surface area contributed by atoms with Crippen LogP contribution in [0.1, 0.15) is 39.0 Å². The Morgan fingerprint density at radius 3 is 2.40 bits per heavy atom. The third kappa shape index (κ3) is 5.04. The third-order valence-electron chi connectivity index (χ3n) is 3.85. The minimum Gasteiger partial charge on any atom is -0.385 e. The fourth-order valence-electron chi connectivity index (χ4n) is 2.57. The van der Waals surface area contributed by atoms with Gasteiger partial charge < -0.3 is 15.0 Å². The van der Waals surface area contributed by atoms with Crippen molar-refractivity contribution in [1.29, 1.82) is 0 Å². The lowest BCUT2D eigenvalue weighted by molar-refractivity contribution is 0.122. The number of benzene rings is 1. The fourth-order valence-corrected chi connectivity index (χ4v) is 2.57. The lowest BCUT2D eigenvalue weighted by Crippen LogP contribution is -2.36. The van der Waals surface area contributed by atoms with E-state index in [2.05, 4.69) is 41.4 Å². The van der Waals surface area contributed by atoms with Crippen molar-refractivity contribution in [3.8, 4) is 0 Å². The highest BCUT2D eigenvalue weighted by molar-refractivity contribution is 5.55. The van der Waals surface area contributed by atoms with Crippen LogP contribution < -0.4 is 10.2 Å². The second-order valence-corrected chi connectivity index (χ2v) is 5.49. The highest BCUT2D eigenvalue weighted by Crippen LogP contribution is 2.19. The van der Waals surface area contributed by atoms with Crippen LogP contribution in [0.15, 0.2) is 24.3 Å². The summed E-state index contributed by atoms with van der Waals surface area (Å²) >= 11 is 0. The largest absolute Gasteiger partial charge is 0.385 e. The lowest BCUT2D eigenvalue weighted by Gasteiger charge is -2.28. The smallest absolute Gasteiger partial charge is 0.0642 e. The summed E-state index contributed by atoms with van der Waals surface area (Å²) in [5.41, 5.74) is 2.54. The molecule has 0 spiro atoms. The summed E-state index contributed by atoms with van der Waals surface area (Å²) in [6, 6.07) is 8.81. The summed E-state index contributed by atoms with van der Waals surface area (Å²) in [5.74, 6) is 0. The molecule has 1 heterocycles. The molecule has 1 aliphatic heterocycles. The van der Waals surface area contributed by atoms with Gasteiger partial charge in [0.1, 0.15) is 0 Å². The molecule has 0 amide bonds. The Labute approximate surface area is 123 Å². The molecule has 3 nitrogen and oxygen atoms in total. The van der Waals surface area contributed by atoms with E-state index in [9.17, 15) is 0 Å². The predicted octanol–water partition coefficient (Wildman–Crippen LogP) is 3.91. The van der Waals surface area contributed by atoms with Gasteiger partial charge in [0.05, 0.1) is 13.2 Å². The van der Waals surface area contributed by atoms with Crippen LogP contribution in [-0.2, 0) is 4.74 Å². The molecule has 1 N–H and O–H groups in total. The number of hydrogen-bond donors (Lipinski definition) is 1. The van der Waals surface area contributed by atoms with Crippen molar-refractivity contribution in [2.45, 2.75) is 39.0 Å². The first-order valence-corrected chi connectivity index (χ1v) is 8.07. The summed E-state index contributed by atoms with van der Waals surface area (Å²) in [5, 5.41) is 3.51. The van der Waals surface area contributed by atoms with Crippen LogP contribution in [0, 0.1) is 0 Å². The Balaban J connectivity index is 1.68. The number of anilines is 2. The van der Waals surface area contributed by atoms with E-state index in [4.69, 9.17) is 4.74 Å². The van der Waals surface area contributed by atoms with Crippen molar-refractivity contribution in [2.24, 2.45) is 0 Å². The summed E-state index contributed by atoms with van der Waals surface area (Å²) < 4.78 is 5.38. The first kappa shape index (κ1) is 15.2. The number of nitrogens with one attached hydrogen (secondary N) is 1. The van der Waals surface area contributed by atoms with Gasteiger partial charge in [0.15, 0.2) is 0 Å². The number of ether oxygens (including phenoxy) is 1. The predicted molar refractivity (Wildman–Crippen MR) is 86.7 cm³/mol. The minimum absolute atomic E-state index is 0.845. The van der Waals surface area contributed by atoms with Crippen molar-refractivity contribution >= 4 is 11.4 Å². The van der Waals surface area contributed by atoms with Crippen LogP contribution >= 0.6 is 0 Å². The van der Waals surface area contributed by atoms with Gasteiger partial charge in [-0.05, 0) is 30.7 Å². The van der Waals surface area contributed by atoms with Gasteiger partial charge in [0, 0.05) is 31.0 Å². The number of morpholine rings is 1. The molecule has 0 aliphatic carbocycles. The summed E-state index contributed by atoms with van der Waals surface area (Å²) in [6.07, 6.45) is 6.66. The molecule has 2 rings (SSSR count). The van der Waals surface area contributed by atoms with Crippen molar-refractivity contribution < 1.29 is 4.74 Å². The zero-order valence-corrected chi connectivity index (χ0v) is 12.7. The second kappa shape index (κ2) is 8.85. The van der Waals surface area contributed by atoms with Crippen LogP contribution in [0.2, 0.25) is 0 Å². The lowest BCUT2D eigenvalue weighted by atomic mass is 10.1. The summed E-state index contributed by atoms with van der Waals surface area (Å²) in [7, 11) is 0. The molecule has 0 atom stereocenters. The molecule has 0 radical (unpaired) electrons. The van der Waals surface area contributed by atoms with Gasteiger partial charge in [0.25, 0.3) is 0 Å². The van der Waals surface area contributed by atoms with Crippen molar-refractivity contribution in [1.82, 2.24) is 0 Å². The molecule has 1 fully saturated rings. The van der Waals surface area contributed by atoms with E-state index in [0.29, 0.717) is 0 Å². The Morgan fingerprint density at radius 1 is 1.00 bits per heavy atom. The molecule has 1 aliphatic rings. The average molecular weight is 276 g/mol. The Hall–Kier alpha value is -1.22. The van der Waals surface area contributed by atoms with Crippen molar-refractivity contribution in [3.63, 3.8) is 0 Å². The first-order chi connectivity index (χ1) is 9.90. The van der Waals surface area contributed by atoms with Gasteiger partial charge >= 0.3 is 0 Å². The maximum atomic E-state index is 5.38. The number of nitrogens with zero attached hydrogens (tertiary/aromatic N) is 1. The van der Waals surface area contributed by atoms with Crippen molar-refractivity contribution in [2.75, 3.05) is 43.1 Å². The van der Waals surface area contributed by atoms with E-state index in [0.717, 1.165) is 32.8 Å². The van der Waals surface area contributed by atoms with Gasteiger partial charge in [-0.3, -0.25) is 0 Å². The quantitative estimate of drug-likeness (QED) is 0.729. The van der Waals surface area contributed by atoms with Crippen molar-refractivity contribution in [3.05, 3.63) is 24.3 Å². The number of unbranched alkanes of at least 4 members (excludes halogenated alkanes) is 4. The van der Waals surface area contributed by atoms with E-state index in [1.165, 1.54) is 43.5 Å². The topological polar surface area (TPSA) is 24.5 Å². The molecular weight excluding hydrogens is 248 g/mol. The maximum Gasteiger partial charge on any atom is 0.0642 e. The highest BCUT2D eigenvalue weighted by atomic mass is 16.5. The molecule has 0 bridgehead atoms. The first-order valence-electron chi connectivity index (χ1n) is 8.07. The van der Waals surface area contributed by atoms with Crippen LogP contribution in [0.3, 0.4) is 0 Å². The minimum atomic E-state index is 0.845. The van der Waals surface area contributed by atoms with E-state index >= 15 is 0 Å². The summed E-state index contributed by atoms with van der Waals surface area (Å²) in [4.78, 5) is 2.39. The van der Waals surface area contributed by atoms with Gasteiger partial charge in [-0.2, -0.15) is 0 Å². The van der Waals surface area contributed by atoms with Gasteiger partial charge in [0.2, 0.25) is 0 Å². The van der Waals surface area contributed by atoms with Gasteiger partial charge in [-0.1, -0.05) is 32.6 Å². The molecule has 3 heteroatoms. The Kier molecular flexibility index (Phi) is 6.72. The van der Waals surface area contributed by atoms with E-state index < -0.39 is 0 Å². The van der Waals surface area contributed by atoms with Crippen LogP contribution in [0.4, 0.5) is 11.4 Å². The molecule has 20 heavy (non-hydrogen) atoms. The van der Waals surface area contributed by atoms with Crippen LogP contribution in [-0.4, -0.2) is 32.8 Å². The number of hydrogen-bond acceptors (Lipinski definition) is 3. The highest BCUT2D eigenvalue weighted by Gasteiger charge is 2.10. The second-order valence-electron chi connectivity index (χ2n) is 5.49. The fraction of sp³-hybridized carbons (Fsp3) is 0.647. The van der Waals surface area contributed by atoms with E-state index in [1.54, 1.807) is 0 Å². The molecule has 0 saturated carbocycles. The third-order valence-corrected chi connectivity index (χ3v) is 3.85. The molecule has 112 valence electrons. The Morgan fingerprint density at radius 2 is 1.70 bits per heavy atom. The monoisotopic (exact) mass is 276 g/mol. The van der Waals surface area contributed by atoms with Gasteiger partial charge in [-0.15, -0.1) is 0 Å². The van der Waals surface area contributed by atoms with Crippen LogP contribution in [0.5, 0.6) is 0 Å². The van der Waals surface area contributed by atoms with E-state index in [1.807, 2.05) is 0 Å². The average Bonchev–Trinajstić information content (AvgIpc) is 2.52. The SMILES string of the molecule is CCCCCCCNc1ccc(N2CCOCC2)cc1.